The lowest BCUT2D eigenvalue weighted by molar-refractivity contribution is 0.0647. The van der Waals surface area contributed by atoms with Crippen molar-refractivity contribution < 1.29 is 0 Å². The van der Waals surface area contributed by atoms with Crippen molar-refractivity contribution >= 4 is 0 Å². The summed E-state index contributed by atoms with van der Waals surface area (Å²) in [5.74, 6) is 1.98. The summed E-state index contributed by atoms with van der Waals surface area (Å²) in [6.07, 6.45) is 9.99. The van der Waals surface area contributed by atoms with Gasteiger partial charge in [-0.3, -0.25) is 0 Å². The molecular formula is C22H45N3. The molecular weight excluding hydrogens is 306 g/mol. The van der Waals surface area contributed by atoms with Crippen LogP contribution in [0.15, 0.2) is 0 Å². The summed E-state index contributed by atoms with van der Waals surface area (Å²) in [5.41, 5.74) is 0. The Balaban J connectivity index is 0.00000109. The van der Waals surface area contributed by atoms with E-state index >= 15 is 0 Å². The fourth-order valence-corrected chi connectivity index (χ4v) is 5.04. The second-order valence-electron chi connectivity index (χ2n) is 8.30. The lowest BCUT2D eigenvalue weighted by Crippen LogP contribution is -2.49. The Morgan fingerprint density at radius 3 is 1.68 bits per heavy atom. The van der Waals surface area contributed by atoms with Crippen molar-refractivity contribution in [3.8, 4) is 0 Å². The molecule has 25 heavy (non-hydrogen) atoms. The topological polar surface area (TPSA) is 9.72 Å². The highest BCUT2D eigenvalue weighted by atomic mass is 15.2. The second-order valence-corrected chi connectivity index (χ2v) is 8.30. The third-order valence-electron chi connectivity index (χ3n) is 6.97. The number of hydrogen-bond acceptors (Lipinski definition) is 3. The first-order valence-corrected chi connectivity index (χ1v) is 11.5. The average molecular weight is 352 g/mol. The number of nitrogens with zero attached hydrogens (tertiary/aromatic N) is 3. The first-order valence-electron chi connectivity index (χ1n) is 11.5. The molecule has 3 saturated heterocycles. The molecule has 0 bridgehead atoms. The van der Waals surface area contributed by atoms with E-state index in [0.717, 1.165) is 17.9 Å². The molecule has 3 heteroatoms. The summed E-state index contributed by atoms with van der Waals surface area (Å²) in [6.45, 7) is 19.4. The van der Waals surface area contributed by atoms with E-state index in [9.17, 15) is 0 Å². The minimum Gasteiger partial charge on any atom is -0.304 e. The van der Waals surface area contributed by atoms with Crippen molar-refractivity contribution in [3.05, 3.63) is 0 Å². The highest BCUT2D eigenvalue weighted by molar-refractivity contribution is 4.84. The fraction of sp³-hybridized carbons (Fsp3) is 1.00. The molecule has 0 radical (unpaired) electrons. The number of likely N-dealkylation sites (tertiary alicyclic amines) is 3. The van der Waals surface area contributed by atoms with Gasteiger partial charge in [0.1, 0.15) is 0 Å². The molecule has 148 valence electrons. The maximum absolute atomic E-state index is 2.82. The first kappa shape index (κ1) is 21.2. The highest BCUT2D eigenvalue weighted by Gasteiger charge is 2.29. The smallest absolute Gasteiger partial charge is 0.0120 e. The van der Waals surface area contributed by atoms with E-state index < -0.39 is 0 Å². The molecule has 0 saturated carbocycles. The van der Waals surface area contributed by atoms with Crippen LogP contribution in [0.1, 0.15) is 72.6 Å². The minimum atomic E-state index is 0.894. The molecule has 3 heterocycles. The minimum absolute atomic E-state index is 0.894. The second kappa shape index (κ2) is 11.6. The molecule has 3 aliphatic heterocycles. The van der Waals surface area contributed by atoms with Crippen molar-refractivity contribution in [1.82, 2.24) is 14.7 Å². The molecule has 0 aliphatic carbocycles. The first-order chi connectivity index (χ1) is 12.3. The van der Waals surface area contributed by atoms with Gasteiger partial charge in [-0.15, -0.1) is 0 Å². The summed E-state index contributed by atoms with van der Waals surface area (Å²) < 4.78 is 0. The van der Waals surface area contributed by atoms with Gasteiger partial charge >= 0.3 is 0 Å². The Hall–Kier alpha value is -0.120. The quantitative estimate of drug-likeness (QED) is 0.730. The van der Waals surface area contributed by atoms with Crippen molar-refractivity contribution in [2.24, 2.45) is 11.8 Å². The number of piperidine rings is 3. The summed E-state index contributed by atoms with van der Waals surface area (Å²) in [5, 5.41) is 0. The maximum atomic E-state index is 2.82. The lowest BCUT2D eigenvalue weighted by Gasteiger charge is -2.43. The standard InChI is InChI=1S/C20H39N3.C2H6/c1-3-18-7-15-23(16-8-18)20-9-13-22(14-10-20)17-19-5-11-21(4-2)12-6-19;1-2/h18-20H,3-17H2,1-2H3;1-2H3. The molecule has 3 nitrogen and oxygen atoms in total. The fourth-order valence-electron chi connectivity index (χ4n) is 5.04. The Kier molecular flexibility index (Phi) is 9.80. The third-order valence-corrected chi connectivity index (χ3v) is 6.97. The van der Waals surface area contributed by atoms with Crippen LogP contribution in [0.2, 0.25) is 0 Å². The molecule has 0 spiro atoms. The summed E-state index contributed by atoms with van der Waals surface area (Å²) >= 11 is 0. The zero-order valence-corrected chi connectivity index (χ0v) is 17.7. The molecule has 0 aromatic heterocycles. The zero-order chi connectivity index (χ0) is 18.1. The maximum Gasteiger partial charge on any atom is 0.0120 e. The molecule has 0 aromatic carbocycles. The van der Waals surface area contributed by atoms with Gasteiger partial charge in [0.25, 0.3) is 0 Å². The van der Waals surface area contributed by atoms with E-state index in [0.29, 0.717) is 0 Å². The van der Waals surface area contributed by atoms with E-state index in [1.54, 1.807) is 0 Å². The number of rotatable bonds is 5. The molecule has 0 aromatic rings. The van der Waals surface area contributed by atoms with E-state index in [1.807, 2.05) is 13.8 Å². The van der Waals surface area contributed by atoms with E-state index in [4.69, 9.17) is 0 Å². The van der Waals surface area contributed by atoms with E-state index in [-0.39, 0.29) is 0 Å². The van der Waals surface area contributed by atoms with Gasteiger partial charge in [-0.05, 0) is 96.2 Å². The highest BCUT2D eigenvalue weighted by Crippen LogP contribution is 2.26. The van der Waals surface area contributed by atoms with Gasteiger partial charge in [-0.1, -0.05) is 34.1 Å². The van der Waals surface area contributed by atoms with Crippen molar-refractivity contribution in [2.75, 3.05) is 52.4 Å². The van der Waals surface area contributed by atoms with E-state index in [1.165, 1.54) is 97.3 Å². The van der Waals surface area contributed by atoms with Gasteiger partial charge < -0.3 is 14.7 Å². The molecule has 0 amide bonds. The Morgan fingerprint density at radius 1 is 0.640 bits per heavy atom. The largest absolute Gasteiger partial charge is 0.304 e. The summed E-state index contributed by atoms with van der Waals surface area (Å²) in [7, 11) is 0. The molecule has 0 atom stereocenters. The van der Waals surface area contributed by atoms with Gasteiger partial charge in [-0.25, -0.2) is 0 Å². The monoisotopic (exact) mass is 351 g/mol. The van der Waals surface area contributed by atoms with Crippen LogP contribution >= 0.6 is 0 Å². The van der Waals surface area contributed by atoms with Crippen LogP contribution in [-0.2, 0) is 0 Å². The van der Waals surface area contributed by atoms with Crippen LogP contribution in [0.5, 0.6) is 0 Å². The zero-order valence-electron chi connectivity index (χ0n) is 17.7. The summed E-state index contributed by atoms with van der Waals surface area (Å²) in [4.78, 5) is 8.22. The van der Waals surface area contributed by atoms with Gasteiger partial charge in [0.2, 0.25) is 0 Å². The Morgan fingerprint density at radius 2 is 1.16 bits per heavy atom. The van der Waals surface area contributed by atoms with Crippen molar-refractivity contribution in [1.29, 1.82) is 0 Å². The lowest BCUT2D eigenvalue weighted by atomic mass is 9.91. The number of hydrogen-bond donors (Lipinski definition) is 0. The SMILES string of the molecule is CC.CCC1CCN(C2CCN(CC3CCN(CC)CC3)CC2)CC1. The van der Waals surface area contributed by atoms with Crippen LogP contribution in [0.3, 0.4) is 0 Å². The normalized spacial score (nSPS) is 26.4. The van der Waals surface area contributed by atoms with E-state index in [2.05, 4.69) is 28.5 Å². The molecule has 0 N–H and O–H groups in total. The molecule has 3 aliphatic rings. The predicted octanol–water partition coefficient (Wildman–Crippen LogP) is 4.33. The van der Waals surface area contributed by atoms with Crippen LogP contribution in [0, 0.1) is 11.8 Å². The Bertz CT molecular complexity index is 322. The van der Waals surface area contributed by atoms with Crippen LogP contribution in [0.4, 0.5) is 0 Å². The van der Waals surface area contributed by atoms with Gasteiger partial charge in [0.15, 0.2) is 0 Å². The Labute approximate surface area is 158 Å². The predicted molar refractivity (Wildman–Crippen MR) is 110 cm³/mol. The average Bonchev–Trinajstić information content (AvgIpc) is 2.71. The molecule has 3 fully saturated rings. The van der Waals surface area contributed by atoms with Crippen LogP contribution in [0.25, 0.3) is 0 Å². The van der Waals surface area contributed by atoms with Crippen LogP contribution < -0.4 is 0 Å². The van der Waals surface area contributed by atoms with Gasteiger partial charge in [-0.2, -0.15) is 0 Å². The van der Waals surface area contributed by atoms with Gasteiger partial charge in [0, 0.05) is 12.6 Å². The third kappa shape index (κ3) is 6.52. The molecule has 3 rings (SSSR count). The molecule has 0 unspecified atom stereocenters. The summed E-state index contributed by atoms with van der Waals surface area (Å²) in [6, 6.07) is 0.894. The van der Waals surface area contributed by atoms with Crippen LogP contribution in [-0.4, -0.2) is 73.1 Å². The van der Waals surface area contributed by atoms with Crippen molar-refractivity contribution in [3.63, 3.8) is 0 Å². The van der Waals surface area contributed by atoms with Gasteiger partial charge in [0.05, 0.1) is 0 Å². The van der Waals surface area contributed by atoms with Crippen molar-refractivity contribution in [2.45, 2.75) is 78.7 Å².